The third-order valence-electron chi connectivity index (χ3n) is 5.40. The first kappa shape index (κ1) is 21.2. The first-order valence-electron chi connectivity index (χ1n) is 10.2. The number of carbonyl (C=O) groups is 1. The van der Waals surface area contributed by atoms with Crippen LogP contribution in [0, 0.1) is 5.82 Å². The normalized spacial score (nSPS) is 28.8. The number of nitrogens with one attached hydrogen (secondary N) is 1. The largest absolute Gasteiger partial charge is 0.389 e. The van der Waals surface area contributed by atoms with Gasteiger partial charge in [0.2, 0.25) is 5.91 Å². The molecule has 1 amide bonds. The minimum atomic E-state index is -0.620. The number of ether oxygens (including phenoxy) is 2. The fourth-order valence-corrected chi connectivity index (χ4v) is 4.02. The highest BCUT2D eigenvalue weighted by molar-refractivity contribution is 5.76. The van der Waals surface area contributed by atoms with Crippen molar-refractivity contribution in [2.75, 3.05) is 26.3 Å². The molecule has 2 heterocycles. The van der Waals surface area contributed by atoms with Crippen LogP contribution in [0.15, 0.2) is 24.3 Å². The van der Waals surface area contributed by atoms with Crippen LogP contribution in [0.3, 0.4) is 0 Å². The Bertz CT molecular complexity index is 645. The summed E-state index contributed by atoms with van der Waals surface area (Å²) in [4.78, 5) is 14.1. The lowest BCUT2D eigenvalue weighted by atomic mass is 9.94. The van der Waals surface area contributed by atoms with Crippen molar-refractivity contribution in [2.45, 2.75) is 63.5 Å². The van der Waals surface area contributed by atoms with Gasteiger partial charge in [-0.2, -0.15) is 0 Å². The monoisotopic (exact) mass is 394 g/mol. The summed E-state index contributed by atoms with van der Waals surface area (Å²) in [5.74, 6) is -0.232. The lowest BCUT2D eigenvalue weighted by Gasteiger charge is -2.44. The van der Waals surface area contributed by atoms with Gasteiger partial charge in [-0.05, 0) is 25.3 Å². The second-order valence-electron chi connectivity index (χ2n) is 7.71. The summed E-state index contributed by atoms with van der Waals surface area (Å²) < 4.78 is 26.0. The maximum absolute atomic E-state index is 14.2. The maximum atomic E-state index is 14.2. The van der Waals surface area contributed by atoms with Crippen molar-refractivity contribution in [2.24, 2.45) is 0 Å². The van der Waals surface area contributed by atoms with Crippen molar-refractivity contribution in [3.63, 3.8) is 0 Å². The van der Waals surface area contributed by atoms with Crippen molar-refractivity contribution in [3.05, 3.63) is 35.6 Å². The Morgan fingerprint density at radius 3 is 2.93 bits per heavy atom. The van der Waals surface area contributed by atoms with Crippen molar-refractivity contribution < 1.29 is 23.8 Å². The zero-order chi connectivity index (χ0) is 19.9. The molecular formula is C21H31FN2O4. The third kappa shape index (κ3) is 5.73. The molecule has 3 rings (SSSR count). The quantitative estimate of drug-likeness (QED) is 0.771. The second-order valence-corrected chi connectivity index (χ2v) is 7.71. The van der Waals surface area contributed by atoms with Gasteiger partial charge in [0.1, 0.15) is 5.82 Å². The van der Waals surface area contributed by atoms with Gasteiger partial charge in [0.15, 0.2) is 0 Å². The first-order chi connectivity index (χ1) is 13.6. The van der Waals surface area contributed by atoms with E-state index in [0.717, 1.165) is 19.3 Å². The molecule has 4 atom stereocenters. The molecule has 2 saturated heterocycles. The van der Waals surface area contributed by atoms with Crippen LogP contribution in [0.25, 0.3) is 0 Å². The Morgan fingerprint density at radius 2 is 2.14 bits per heavy atom. The summed E-state index contributed by atoms with van der Waals surface area (Å²) in [6.45, 7) is 4.10. The molecule has 2 N–H and O–H groups in total. The summed E-state index contributed by atoms with van der Waals surface area (Å²) >= 11 is 0. The highest BCUT2D eigenvalue weighted by atomic mass is 19.1. The van der Waals surface area contributed by atoms with Crippen LogP contribution in [-0.2, 0) is 20.8 Å². The van der Waals surface area contributed by atoms with Gasteiger partial charge < -0.3 is 19.9 Å². The van der Waals surface area contributed by atoms with Crippen molar-refractivity contribution in [1.29, 1.82) is 0 Å². The van der Waals surface area contributed by atoms with Crippen LogP contribution < -0.4 is 5.32 Å². The zero-order valence-corrected chi connectivity index (χ0v) is 16.5. The number of rotatable bonds is 6. The standard InChI is InChI=1S/C21H31FN2O4/c1-2-9-23-21(26)10-17-7-8-19-20(28-17)14-27-13-16(25)12-24(19)11-15-5-3-4-6-18(15)22/h3-6,16-17,19-20,25H,2,7-14H2,1H3,(H,23,26)/t16-,17+,19+,20-/m0/s1. The second kappa shape index (κ2) is 10.3. The van der Waals surface area contributed by atoms with Crippen molar-refractivity contribution >= 4 is 5.91 Å². The van der Waals surface area contributed by atoms with Crippen LogP contribution in [0.5, 0.6) is 0 Å². The summed E-state index contributed by atoms with van der Waals surface area (Å²) in [5.41, 5.74) is 0.607. The number of aliphatic hydroxyl groups excluding tert-OH is 1. The van der Waals surface area contributed by atoms with Gasteiger partial charge in [0.05, 0.1) is 37.9 Å². The molecule has 7 heteroatoms. The third-order valence-corrected chi connectivity index (χ3v) is 5.40. The molecule has 0 aromatic heterocycles. The molecule has 0 unspecified atom stereocenters. The number of β-amino-alcohol motifs (C(OH)–C–C–N with tert-alkyl or cyclic N) is 1. The van der Waals surface area contributed by atoms with Gasteiger partial charge >= 0.3 is 0 Å². The zero-order valence-electron chi connectivity index (χ0n) is 16.5. The number of hydrogen-bond donors (Lipinski definition) is 2. The Labute approximate surface area is 166 Å². The van der Waals surface area contributed by atoms with Gasteiger partial charge in [-0.3, -0.25) is 9.69 Å². The maximum Gasteiger partial charge on any atom is 0.222 e. The topological polar surface area (TPSA) is 71.0 Å². The van der Waals surface area contributed by atoms with E-state index in [1.807, 2.05) is 13.0 Å². The molecule has 6 nitrogen and oxygen atoms in total. The molecule has 0 spiro atoms. The molecule has 0 bridgehead atoms. The first-order valence-corrected chi connectivity index (χ1v) is 10.2. The molecule has 2 fully saturated rings. The Kier molecular flexibility index (Phi) is 7.79. The smallest absolute Gasteiger partial charge is 0.222 e. The highest BCUT2D eigenvalue weighted by Gasteiger charge is 2.38. The fraction of sp³-hybridized carbons (Fsp3) is 0.667. The Morgan fingerprint density at radius 1 is 1.32 bits per heavy atom. The van der Waals surface area contributed by atoms with Crippen molar-refractivity contribution in [3.8, 4) is 0 Å². The predicted molar refractivity (Wildman–Crippen MR) is 103 cm³/mol. The Balaban J connectivity index is 1.66. The van der Waals surface area contributed by atoms with Crippen LogP contribution in [0.1, 0.15) is 38.2 Å². The molecule has 28 heavy (non-hydrogen) atoms. The van der Waals surface area contributed by atoms with E-state index < -0.39 is 6.10 Å². The molecule has 0 radical (unpaired) electrons. The summed E-state index contributed by atoms with van der Waals surface area (Å²) in [6, 6.07) is 6.75. The highest BCUT2D eigenvalue weighted by Crippen LogP contribution is 2.29. The number of benzene rings is 1. The predicted octanol–water partition coefficient (Wildman–Crippen LogP) is 1.85. The Hall–Kier alpha value is -1.54. The molecule has 0 aliphatic carbocycles. The van der Waals surface area contributed by atoms with Gasteiger partial charge in [0, 0.05) is 31.2 Å². The van der Waals surface area contributed by atoms with E-state index in [9.17, 15) is 14.3 Å². The van der Waals surface area contributed by atoms with E-state index in [-0.39, 0.29) is 36.6 Å². The number of aliphatic hydroxyl groups is 1. The summed E-state index contributed by atoms with van der Waals surface area (Å²) in [6.07, 6.45) is 1.87. The van der Waals surface area contributed by atoms with Gasteiger partial charge in [-0.25, -0.2) is 4.39 Å². The van der Waals surface area contributed by atoms with E-state index in [1.165, 1.54) is 6.07 Å². The molecule has 2 aliphatic rings. The van der Waals surface area contributed by atoms with Gasteiger partial charge in [0.25, 0.3) is 0 Å². The number of fused-ring (bicyclic) bond motifs is 1. The van der Waals surface area contributed by atoms with Crippen LogP contribution in [0.4, 0.5) is 4.39 Å². The molecule has 2 aliphatic heterocycles. The average molecular weight is 394 g/mol. The number of halogens is 1. The molecule has 0 saturated carbocycles. The van der Waals surface area contributed by atoms with Crippen LogP contribution in [-0.4, -0.2) is 66.6 Å². The molecule has 156 valence electrons. The van der Waals surface area contributed by atoms with E-state index >= 15 is 0 Å². The van der Waals surface area contributed by atoms with Gasteiger partial charge in [-0.15, -0.1) is 0 Å². The average Bonchev–Trinajstić information content (AvgIpc) is 2.66. The SMILES string of the molecule is CCCNC(=O)C[C@H]1CC[C@@H]2[C@H](COC[C@@H](O)CN2Cc2ccccc2F)O1. The van der Waals surface area contributed by atoms with E-state index in [0.29, 0.717) is 38.2 Å². The van der Waals surface area contributed by atoms with E-state index in [2.05, 4.69) is 10.2 Å². The van der Waals surface area contributed by atoms with E-state index in [4.69, 9.17) is 9.47 Å². The number of nitrogens with zero attached hydrogens (tertiary/aromatic N) is 1. The van der Waals surface area contributed by atoms with E-state index in [1.54, 1.807) is 12.1 Å². The minimum Gasteiger partial charge on any atom is -0.389 e. The van der Waals surface area contributed by atoms with Gasteiger partial charge in [-0.1, -0.05) is 25.1 Å². The number of hydrogen-bond acceptors (Lipinski definition) is 5. The van der Waals surface area contributed by atoms with Crippen molar-refractivity contribution in [1.82, 2.24) is 10.2 Å². The molecular weight excluding hydrogens is 363 g/mol. The lowest BCUT2D eigenvalue weighted by Crippen LogP contribution is -2.55. The summed E-state index contributed by atoms with van der Waals surface area (Å²) in [5, 5.41) is 13.1. The number of carbonyl (C=O) groups excluding carboxylic acids is 1. The molecule has 1 aromatic rings. The lowest BCUT2D eigenvalue weighted by molar-refractivity contribution is -0.158. The molecule has 1 aromatic carbocycles. The van der Waals surface area contributed by atoms with Crippen LogP contribution in [0.2, 0.25) is 0 Å². The number of amides is 1. The summed E-state index contributed by atoms with van der Waals surface area (Å²) in [7, 11) is 0. The van der Waals surface area contributed by atoms with Crippen LogP contribution >= 0.6 is 0 Å². The fourth-order valence-electron chi connectivity index (χ4n) is 4.02. The minimum absolute atomic E-state index is 0.00991.